The first-order chi connectivity index (χ1) is 7.00. The number of ether oxygens (including phenoxy) is 1. The topological polar surface area (TPSA) is 52.4 Å². The lowest BCUT2D eigenvalue weighted by atomic mass is 10.3. The van der Waals surface area contributed by atoms with Crippen LogP contribution in [-0.4, -0.2) is 15.4 Å². The molecule has 0 aliphatic heterocycles. The molecule has 2 rings (SSSR count). The first kappa shape index (κ1) is 10.5. The SMILES string of the molecule is O=[N+]([O-])c1ccccc1OC1CC1(Cl)Cl. The third-order valence-corrected chi connectivity index (χ3v) is 2.90. The lowest BCUT2D eigenvalue weighted by molar-refractivity contribution is -0.385. The minimum Gasteiger partial charge on any atom is -0.480 e. The van der Waals surface area contributed by atoms with Crippen molar-refractivity contribution in [1.82, 2.24) is 0 Å². The van der Waals surface area contributed by atoms with E-state index >= 15 is 0 Å². The molecule has 0 aromatic heterocycles. The molecule has 1 aliphatic rings. The molecule has 0 bridgehead atoms. The van der Waals surface area contributed by atoms with Gasteiger partial charge in [-0.2, -0.15) is 0 Å². The summed E-state index contributed by atoms with van der Waals surface area (Å²) in [6.45, 7) is 0. The first-order valence-corrected chi connectivity index (χ1v) is 5.04. The third kappa shape index (κ3) is 2.16. The molecule has 0 amide bonds. The molecule has 1 unspecified atom stereocenters. The van der Waals surface area contributed by atoms with Gasteiger partial charge in [-0.3, -0.25) is 10.1 Å². The van der Waals surface area contributed by atoms with Gasteiger partial charge in [-0.05, 0) is 6.07 Å². The fourth-order valence-electron chi connectivity index (χ4n) is 1.18. The Morgan fingerprint density at radius 3 is 2.60 bits per heavy atom. The highest BCUT2D eigenvalue weighted by molar-refractivity contribution is 6.51. The Bertz CT molecular complexity index is 408. The molecule has 0 N–H and O–H groups in total. The summed E-state index contributed by atoms with van der Waals surface area (Å²) in [5, 5.41) is 10.6. The van der Waals surface area contributed by atoms with E-state index in [1.807, 2.05) is 0 Å². The molecule has 4 nitrogen and oxygen atoms in total. The molecule has 1 aromatic rings. The Morgan fingerprint density at radius 1 is 1.47 bits per heavy atom. The predicted octanol–water partition coefficient (Wildman–Crippen LogP) is 2.92. The Balaban J connectivity index is 2.18. The van der Waals surface area contributed by atoms with Crippen LogP contribution in [0, 0.1) is 10.1 Å². The zero-order valence-electron chi connectivity index (χ0n) is 7.52. The van der Waals surface area contributed by atoms with Crippen molar-refractivity contribution in [3.05, 3.63) is 34.4 Å². The summed E-state index contributed by atoms with van der Waals surface area (Å²) in [5.74, 6) is 0.204. The van der Waals surface area contributed by atoms with Gasteiger partial charge in [0.15, 0.2) is 10.1 Å². The summed E-state index contributed by atoms with van der Waals surface area (Å²) in [4.78, 5) is 10.1. The molecule has 0 spiro atoms. The summed E-state index contributed by atoms with van der Waals surface area (Å²) in [5.41, 5.74) is -0.0754. The van der Waals surface area contributed by atoms with E-state index in [2.05, 4.69) is 0 Å². The van der Waals surface area contributed by atoms with Gasteiger partial charge in [0.05, 0.1) is 4.92 Å². The third-order valence-electron chi connectivity index (χ3n) is 2.10. The van der Waals surface area contributed by atoms with Crippen LogP contribution in [0.15, 0.2) is 24.3 Å². The zero-order chi connectivity index (χ0) is 11.1. The van der Waals surface area contributed by atoms with Gasteiger partial charge >= 0.3 is 5.69 Å². The molecule has 1 saturated carbocycles. The fourth-order valence-corrected chi connectivity index (χ4v) is 1.55. The summed E-state index contributed by atoms with van der Waals surface area (Å²) in [6.07, 6.45) is 0.129. The minimum atomic E-state index is -0.899. The van der Waals surface area contributed by atoms with Crippen LogP contribution in [0.25, 0.3) is 0 Å². The van der Waals surface area contributed by atoms with E-state index in [0.717, 1.165) is 0 Å². The summed E-state index contributed by atoms with van der Waals surface area (Å²) >= 11 is 11.5. The van der Waals surface area contributed by atoms with E-state index in [9.17, 15) is 10.1 Å². The van der Waals surface area contributed by atoms with Crippen molar-refractivity contribution in [2.75, 3.05) is 0 Å². The van der Waals surface area contributed by atoms with Crippen LogP contribution in [0.5, 0.6) is 5.75 Å². The fraction of sp³-hybridized carbons (Fsp3) is 0.333. The van der Waals surface area contributed by atoms with Crippen molar-refractivity contribution in [1.29, 1.82) is 0 Å². The van der Waals surface area contributed by atoms with Gasteiger partial charge in [0, 0.05) is 12.5 Å². The number of halogens is 2. The van der Waals surface area contributed by atoms with Crippen LogP contribution in [0.2, 0.25) is 0 Å². The largest absolute Gasteiger partial charge is 0.480 e. The molecule has 0 heterocycles. The second-order valence-electron chi connectivity index (χ2n) is 3.30. The normalized spacial score (nSPS) is 22.1. The van der Waals surface area contributed by atoms with Gasteiger partial charge in [0.25, 0.3) is 0 Å². The van der Waals surface area contributed by atoms with Crippen molar-refractivity contribution in [2.45, 2.75) is 16.9 Å². The number of nitrogens with zero attached hydrogens (tertiary/aromatic N) is 1. The van der Waals surface area contributed by atoms with Gasteiger partial charge in [0.1, 0.15) is 6.10 Å². The lowest BCUT2D eigenvalue weighted by Crippen LogP contribution is -2.06. The molecule has 0 radical (unpaired) electrons. The Labute approximate surface area is 95.9 Å². The molecule has 0 saturated heterocycles. The summed E-state index contributed by atoms with van der Waals surface area (Å²) in [6, 6.07) is 6.14. The summed E-state index contributed by atoms with van der Waals surface area (Å²) in [7, 11) is 0. The number of para-hydroxylation sites is 2. The second kappa shape index (κ2) is 3.54. The predicted molar refractivity (Wildman–Crippen MR) is 56.6 cm³/mol. The van der Waals surface area contributed by atoms with Crippen molar-refractivity contribution in [2.24, 2.45) is 0 Å². The minimum absolute atomic E-state index is 0.0754. The molecule has 80 valence electrons. The van der Waals surface area contributed by atoms with E-state index < -0.39 is 9.26 Å². The Hall–Kier alpha value is -1.000. The van der Waals surface area contributed by atoms with Gasteiger partial charge in [0.2, 0.25) is 0 Å². The number of rotatable bonds is 3. The number of alkyl halides is 2. The van der Waals surface area contributed by atoms with Crippen LogP contribution >= 0.6 is 23.2 Å². The van der Waals surface area contributed by atoms with Crippen molar-refractivity contribution in [3.8, 4) is 5.75 Å². The van der Waals surface area contributed by atoms with Gasteiger partial charge < -0.3 is 4.74 Å². The number of nitro groups is 1. The van der Waals surface area contributed by atoms with E-state index in [4.69, 9.17) is 27.9 Å². The van der Waals surface area contributed by atoms with E-state index in [-0.39, 0.29) is 17.5 Å². The van der Waals surface area contributed by atoms with Gasteiger partial charge in [-0.15, -0.1) is 0 Å². The molecule has 1 aromatic carbocycles. The number of hydrogen-bond donors (Lipinski definition) is 0. The van der Waals surface area contributed by atoms with E-state index in [1.165, 1.54) is 12.1 Å². The highest BCUT2D eigenvalue weighted by atomic mass is 35.5. The highest BCUT2D eigenvalue weighted by Gasteiger charge is 2.54. The smallest absolute Gasteiger partial charge is 0.310 e. The number of hydrogen-bond acceptors (Lipinski definition) is 3. The maximum absolute atomic E-state index is 10.6. The maximum Gasteiger partial charge on any atom is 0.310 e. The van der Waals surface area contributed by atoms with Crippen LogP contribution in [0.3, 0.4) is 0 Å². The molecule has 1 atom stereocenters. The number of benzene rings is 1. The Kier molecular flexibility index (Phi) is 2.48. The van der Waals surface area contributed by atoms with Gasteiger partial charge in [-0.25, -0.2) is 0 Å². The lowest BCUT2D eigenvalue weighted by Gasteiger charge is -2.05. The van der Waals surface area contributed by atoms with Crippen molar-refractivity contribution >= 4 is 28.9 Å². The van der Waals surface area contributed by atoms with Crippen LogP contribution in [0.1, 0.15) is 6.42 Å². The van der Waals surface area contributed by atoms with Crippen LogP contribution in [-0.2, 0) is 0 Å². The molecule has 1 fully saturated rings. The van der Waals surface area contributed by atoms with Crippen LogP contribution in [0.4, 0.5) is 5.69 Å². The molecule has 6 heteroatoms. The highest BCUT2D eigenvalue weighted by Crippen LogP contribution is 2.50. The first-order valence-electron chi connectivity index (χ1n) is 4.28. The van der Waals surface area contributed by atoms with Crippen molar-refractivity contribution < 1.29 is 9.66 Å². The maximum atomic E-state index is 10.6. The van der Waals surface area contributed by atoms with E-state index in [0.29, 0.717) is 6.42 Å². The molecular formula is C9H7Cl2NO3. The monoisotopic (exact) mass is 247 g/mol. The van der Waals surface area contributed by atoms with Crippen molar-refractivity contribution in [3.63, 3.8) is 0 Å². The average Bonchev–Trinajstić information content (AvgIpc) is 2.74. The second-order valence-corrected chi connectivity index (χ2v) is 4.84. The molecule has 1 aliphatic carbocycles. The number of nitro benzene ring substituents is 1. The zero-order valence-corrected chi connectivity index (χ0v) is 9.03. The standard InChI is InChI=1S/C9H7Cl2NO3/c10-9(11)5-8(9)15-7-4-2-1-3-6(7)12(13)14/h1-4,8H,5H2. The average molecular weight is 248 g/mol. The van der Waals surface area contributed by atoms with E-state index in [1.54, 1.807) is 12.1 Å². The van der Waals surface area contributed by atoms with Crippen LogP contribution < -0.4 is 4.74 Å². The summed E-state index contributed by atoms with van der Waals surface area (Å²) < 4.78 is 4.43. The Morgan fingerprint density at radius 2 is 2.07 bits per heavy atom. The molecular weight excluding hydrogens is 241 g/mol. The quantitative estimate of drug-likeness (QED) is 0.469. The van der Waals surface area contributed by atoms with Gasteiger partial charge in [-0.1, -0.05) is 35.3 Å². The molecule has 15 heavy (non-hydrogen) atoms.